The number of amides is 2. The molecule has 2 aromatic rings. The van der Waals surface area contributed by atoms with Crippen LogP contribution in [0.4, 0.5) is 9.18 Å². The van der Waals surface area contributed by atoms with Gasteiger partial charge in [-0.3, -0.25) is 0 Å². The van der Waals surface area contributed by atoms with Gasteiger partial charge >= 0.3 is 6.03 Å². The number of halogens is 2. The second-order valence-corrected chi connectivity index (χ2v) is 7.21. The minimum absolute atomic E-state index is 0.118. The van der Waals surface area contributed by atoms with Crippen LogP contribution in [0.3, 0.4) is 0 Å². The number of hydrogen-bond donors (Lipinski definition) is 1. The fourth-order valence-electron chi connectivity index (χ4n) is 2.76. The van der Waals surface area contributed by atoms with E-state index in [0.29, 0.717) is 17.3 Å². The van der Waals surface area contributed by atoms with E-state index in [0.717, 1.165) is 22.4 Å². The van der Waals surface area contributed by atoms with Crippen molar-refractivity contribution in [2.24, 2.45) is 0 Å². The van der Waals surface area contributed by atoms with Crippen LogP contribution in [-0.4, -0.2) is 18.0 Å². The van der Waals surface area contributed by atoms with Gasteiger partial charge in [0, 0.05) is 11.9 Å². The van der Waals surface area contributed by atoms with Crippen molar-refractivity contribution in [3.8, 4) is 0 Å². The van der Waals surface area contributed by atoms with Crippen molar-refractivity contribution in [2.45, 2.75) is 25.4 Å². The van der Waals surface area contributed by atoms with Crippen LogP contribution in [0.1, 0.15) is 28.5 Å². The van der Waals surface area contributed by atoms with E-state index in [1.807, 2.05) is 18.2 Å². The molecule has 1 aromatic carbocycles. The third-order valence-corrected chi connectivity index (χ3v) is 5.10. The van der Waals surface area contributed by atoms with E-state index < -0.39 is 0 Å². The summed E-state index contributed by atoms with van der Waals surface area (Å²) in [5.74, 6) is -0.184. The first-order valence-corrected chi connectivity index (χ1v) is 8.27. The fourth-order valence-corrected chi connectivity index (χ4v) is 3.90. The summed E-state index contributed by atoms with van der Waals surface area (Å²) >= 11 is 7.36. The Kier molecular flexibility index (Phi) is 4.36. The minimum atomic E-state index is -0.184. The third-order valence-electron chi connectivity index (χ3n) is 3.88. The van der Waals surface area contributed by atoms with Gasteiger partial charge in [0.05, 0.1) is 16.9 Å². The van der Waals surface area contributed by atoms with E-state index in [-0.39, 0.29) is 17.9 Å². The van der Waals surface area contributed by atoms with Crippen LogP contribution in [0.5, 0.6) is 0 Å². The molecule has 116 valence electrons. The Morgan fingerprint density at radius 3 is 3.00 bits per heavy atom. The topological polar surface area (TPSA) is 32.3 Å². The van der Waals surface area contributed by atoms with Gasteiger partial charge in [-0.25, -0.2) is 9.18 Å². The number of rotatable bonds is 3. The molecule has 0 saturated carbocycles. The van der Waals surface area contributed by atoms with Gasteiger partial charge in [-0.05, 0) is 42.2 Å². The number of fused-ring (bicyclic) bond motifs is 1. The predicted octanol–water partition coefficient (Wildman–Crippen LogP) is 4.37. The first kappa shape index (κ1) is 15.3. The molecule has 1 aromatic heterocycles. The molecule has 3 nitrogen and oxygen atoms in total. The number of carbonyl (C=O) groups is 1. The van der Waals surface area contributed by atoms with Crippen LogP contribution in [0.2, 0.25) is 4.34 Å². The summed E-state index contributed by atoms with van der Waals surface area (Å²) in [5, 5.41) is 2.98. The summed E-state index contributed by atoms with van der Waals surface area (Å²) in [5.41, 5.74) is 1.61. The van der Waals surface area contributed by atoms with Gasteiger partial charge in [0.15, 0.2) is 0 Å². The number of thiophene rings is 1. The number of hydrogen-bond acceptors (Lipinski definition) is 2. The zero-order valence-corrected chi connectivity index (χ0v) is 13.7. The van der Waals surface area contributed by atoms with E-state index in [1.165, 1.54) is 17.4 Å². The van der Waals surface area contributed by atoms with Crippen molar-refractivity contribution in [1.29, 1.82) is 0 Å². The molecule has 0 bridgehead atoms. The van der Waals surface area contributed by atoms with E-state index in [2.05, 4.69) is 5.32 Å². The second-order valence-electron chi connectivity index (χ2n) is 5.41. The highest BCUT2D eigenvalue weighted by Crippen LogP contribution is 2.32. The summed E-state index contributed by atoms with van der Waals surface area (Å²) in [6, 6.07) is 8.50. The Labute approximate surface area is 137 Å². The molecule has 1 heterocycles. The molecule has 0 saturated heterocycles. The predicted molar refractivity (Wildman–Crippen MR) is 86.8 cm³/mol. The first-order valence-electron chi connectivity index (χ1n) is 7.07. The van der Waals surface area contributed by atoms with Gasteiger partial charge in [-0.2, -0.15) is 0 Å². The van der Waals surface area contributed by atoms with Crippen molar-refractivity contribution in [1.82, 2.24) is 10.2 Å². The molecule has 0 spiro atoms. The maximum absolute atomic E-state index is 13.7. The van der Waals surface area contributed by atoms with Gasteiger partial charge in [0.25, 0.3) is 0 Å². The minimum Gasteiger partial charge on any atom is -0.331 e. The Bertz CT molecular complexity index is 703. The molecule has 1 atom stereocenters. The highest BCUT2D eigenvalue weighted by Gasteiger charge is 2.26. The normalized spacial score (nSPS) is 16.4. The summed E-state index contributed by atoms with van der Waals surface area (Å²) in [6.07, 6.45) is 1.40. The smallest absolute Gasteiger partial charge is 0.317 e. The molecule has 1 N–H and O–H groups in total. The highest BCUT2D eigenvalue weighted by atomic mass is 35.5. The number of carbonyl (C=O) groups excluding carboxylic acids is 1. The molecule has 3 rings (SSSR count). The zero-order valence-electron chi connectivity index (χ0n) is 12.1. The van der Waals surface area contributed by atoms with E-state index in [1.54, 1.807) is 18.0 Å². The van der Waals surface area contributed by atoms with Gasteiger partial charge in [-0.15, -0.1) is 11.3 Å². The molecule has 1 unspecified atom stereocenters. The SMILES string of the molecule is CN(Cc1ccc(Cl)s1)C(=O)NC1CCc2c(F)cccc21. The summed E-state index contributed by atoms with van der Waals surface area (Å²) < 4.78 is 14.4. The monoisotopic (exact) mass is 338 g/mol. The van der Waals surface area contributed by atoms with E-state index >= 15 is 0 Å². The molecule has 1 aliphatic carbocycles. The van der Waals surface area contributed by atoms with Crippen molar-refractivity contribution < 1.29 is 9.18 Å². The van der Waals surface area contributed by atoms with E-state index in [9.17, 15) is 9.18 Å². The lowest BCUT2D eigenvalue weighted by Gasteiger charge is -2.21. The molecule has 0 aliphatic heterocycles. The Morgan fingerprint density at radius 1 is 1.45 bits per heavy atom. The lowest BCUT2D eigenvalue weighted by atomic mass is 10.1. The lowest BCUT2D eigenvalue weighted by molar-refractivity contribution is 0.203. The molecule has 0 fully saturated rings. The third kappa shape index (κ3) is 3.10. The second kappa shape index (κ2) is 6.26. The van der Waals surface area contributed by atoms with Gasteiger partial charge in [0.1, 0.15) is 5.82 Å². The molecule has 0 radical (unpaired) electrons. The van der Waals surface area contributed by atoms with Crippen LogP contribution in [0.15, 0.2) is 30.3 Å². The largest absolute Gasteiger partial charge is 0.331 e. The molecule has 22 heavy (non-hydrogen) atoms. The van der Waals surface area contributed by atoms with Gasteiger partial charge in [-0.1, -0.05) is 23.7 Å². The van der Waals surface area contributed by atoms with Crippen LogP contribution < -0.4 is 5.32 Å². The average molecular weight is 339 g/mol. The molecular formula is C16H16ClFN2OS. The quantitative estimate of drug-likeness (QED) is 0.885. The number of nitrogens with one attached hydrogen (secondary N) is 1. The van der Waals surface area contributed by atoms with Crippen molar-refractivity contribution in [3.05, 3.63) is 56.5 Å². The standard InChI is InChI=1S/C16H16ClFN2OS/c1-20(9-10-5-8-15(17)22-10)16(21)19-14-7-6-11-12(14)3-2-4-13(11)18/h2-5,8,14H,6-7,9H2,1H3,(H,19,21). The van der Waals surface area contributed by atoms with Crippen molar-refractivity contribution >= 4 is 29.0 Å². The van der Waals surface area contributed by atoms with Crippen LogP contribution in [0.25, 0.3) is 0 Å². The number of benzene rings is 1. The maximum Gasteiger partial charge on any atom is 0.317 e. The molecule has 6 heteroatoms. The van der Waals surface area contributed by atoms with Crippen LogP contribution in [-0.2, 0) is 13.0 Å². The van der Waals surface area contributed by atoms with Crippen LogP contribution in [0, 0.1) is 5.82 Å². The first-order chi connectivity index (χ1) is 10.5. The molecular weight excluding hydrogens is 323 g/mol. The van der Waals surface area contributed by atoms with Crippen LogP contribution >= 0.6 is 22.9 Å². The highest BCUT2D eigenvalue weighted by molar-refractivity contribution is 7.16. The number of nitrogens with zero attached hydrogens (tertiary/aromatic N) is 1. The Balaban J connectivity index is 1.64. The summed E-state index contributed by atoms with van der Waals surface area (Å²) in [4.78, 5) is 14.9. The lowest BCUT2D eigenvalue weighted by Crippen LogP contribution is -2.38. The Hall–Kier alpha value is -1.59. The average Bonchev–Trinajstić information content (AvgIpc) is 3.07. The fraction of sp³-hybridized carbons (Fsp3) is 0.312. The molecule has 1 aliphatic rings. The molecule has 2 amide bonds. The number of urea groups is 1. The van der Waals surface area contributed by atoms with Gasteiger partial charge < -0.3 is 10.2 Å². The maximum atomic E-state index is 13.7. The summed E-state index contributed by atoms with van der Waals surface area (Å²) in [6.45, 7) is 0.506. The zero-order chi connectivity index (χ0) is 15.7. The van der Waals surface area contributed by atoms with Crippen molar-refractivity contribution in [2.75, 3.05) is 7.05 Å². The summed E-state index contributed by atoms with van der Waals surface area (Å²) in [7, 11) is 1.74. The van der Waals surface area contributed by atoms with Gasteiger partial charge in [0.2, 0.25) is 0 Å². The van der Waals surface area contributed by atoms with E-state index in [4.69, 9.17) is 11.6 Å². The Morgan fingerprint density at radius 2 is 2.27 bits per heavy atom. The van der Waals surface area contributed by atoms with Crippen molar-refractivity contribution in [3.63, 3.8) is 0 Å².